The van der Waals surface area contributed by atoms with Crippen molar-refractivity contribution >= 4 is 35.1 Å². The average Bonchev–Trinajstić information content (AvgIpc) is 2.97. The fourth-order valence-electron chi connectivity index (χ4n) is 5.41. The van der Waals surface area contributed by atoms with Crippen molar-refractivity contribution in [1.29, 1.82) is 0 Å². The van der Waals surface area contributed by atoms with E-state index < -0.39 is 0 Å². The van der Waals surface area contributed by atoms with Crippen LogP contribution in [0, 0.1) is 5.92 Å². The number of benzene rings is 1. The first-order valence-corrected chi connectivity index (χ1v) is 15.1. The topological polar surface area (TPSA) is 107 Å². The van der Waals surface area contributed by atoms with Crippen LogP contribution in [0.4, 0.5) is 5.95 Å². The molecule has 2 N–H and O–H groups in total. The molecule has 1 amide bonds. The summed E-state index contributed by atoms with van der Waals surface area (Å²) in [5.74, 6) is 2.11. The molecule has 2 fully saturated rings. The maximum Gasteiger partial charge on any atom is 0.225 e. The van der Waals surface area contributed by atoms with Gasteiger partial charge >= 0.3 is 0 Å². The van der Waals surface area contributed by atoms with Crippen LogP contribution in [0.5, 0.6) is 11.6 Å². The first-order valence-electron chi connectivity index (χ1n) is 14.4. The van der Waals surface area contributed by atoms with Crippen LogP contribution in [0.15, 0.2) is 42.7 Å². The number of hydrogen-bond acceptors (Lipinski definition) is 9. The van der Waals surface area contributed by atoms with Gasteiger partial charge < -0.3 is 20.1 Å². The first kappa shape index (κ1) is 30.4. The van der Waals surface area contributed by atoms with Crippen LogP contribution in [-0.4, -0.2) is 94.7 Å². The van der Waals surface area contributed by atoms with E-state index in [0.717, 1.165) is 76.3 Å². The second-order valence-corrected chi connectivity index (χ2v) is 11.8. The summed E-state index contributed by atoms with van der Waals surface area (Å²) in [5.41, 5.74) is 2.58. The summed E-state index contributed by atoms with van der Waals surface area (Å²) >= 11 is 12.6. The van der Waals surface area contributed by atoms with Gasteiger partial charge in [-0.25, -0.2) is 15.0 Å². The summed E-state index contributed by atoms with van der Waals surface area (Å²) in [7, 11) is 0. The molecule has 4 heterocycles. The fraction of sp³-hybridized carbons (Fsp3) is 0.467. The van der Waals surface area contributed by atoms with E-state index in [4.69, 9.17) is 32.9 Å². The summed E-state index contributed by atoms with van der Waals surface area (Å²) in [4.78, 5) is 31.9. The van der Waals surface area contributed by atoms with Crippen molar-refractivity contribution < 1.29 is 14.6 Å². The number of pyridine rings is 1. The summed E-state index contributed by atoms with van der Waals surface area (Å²) < 4.78 is 6.18. The number of nitrogens with zero attached hydrogens (tertiary/aromatic N) is 6. The van der Waals surface area contributed by atoms with Crippen molar-refractivity contribution in [2.45, 2.75) is 26.3 Å². The number of aromatic nitrogens is 3. The third kappa shape index (κ3) is 8.52. The van der Waals surface area contributed by atoms with Gasteiger partial charge in [0.2, 0.25) is 17.7 Å². The number of β-amino-alcohol motifs (C(OH)–C–C–N with tert-alkyl or cyclic N) is 1. The third-order valence-electron chi connectivity index (χ3n) is 7.68. The smallest absolute Gasteiger partial charge is 0.225 e. The summed E-state index contributed by atoms with van der Waals surface area (Å²) in [6, 6.07) is 9.39. The lowest BCUT2D eigenvalue weighted by Crippen LogP contribution is -2.47. The number of carbonyl (C=O) groups is 1. The number of piperidine rings is 1. The van der Waals surface area contributed by atoms with Crippen LogP contribution >= 0.6 is 23.2 Å². The molecule has 0 spiro atoms. The van der Waals surface area contributed by atoms with E-state index in [2.05, 4.69) is 30.0 Å². The Morgan fingerprint density at radius 1 is 0.976 bits per heavy atom. The summed E-state index contributed by atoms with van der Waals surface area (Å²) in [6.45, 7) is 9.13. The number of amides is 1. The van der Waals surface area contributed by atoms with Crippen molar-refractivity contribution in [1.82, 2.24) is 30.1 Å². The highest BCUT2D eigenvalue weighted by molar-refractivity contribution is 6.35. The molecule has 0 atom stereocenters. The molecule has 0 unspecified atom stereocenters. The zero-order valence-electron chi connectivity index (χ0n) is 23.8. The lowest BCUT2D eigenvalue weighted by molar-refractivity contribution is -0.119. The van der Waals surface area contributed by atoms with Crippen molar-refractivity contribution in [3.63, 3.8) is 0 Å². The molecule has 2 aliphatic rings. The molecule has 3 aromatic rings. The van der Waals surface area contributed by atoms with Crippen LogP contribution in [0.25, 0.3) is 11.3 Å². The quantitative estimate of drug-likeness (QED) is 0.349. The van der Waals surface area contributed by atoms with Gasteiger partial charge in [-0.2, -0.15) is 0 Å². The first-order chi connectivity index (χ1) is 20.3. The highest BCUT2D eigenvalue weighted by Gasteiger charge is 2.21. The number of ether oxygens (including phenoxy) is 1. The predicted molar refractivity (Wildman–Crippen MR) is 164 cm³/mol. The second kappa shape index (κ2) is 14.4. The Bertz CT molecular complexity index is 1320. The Balaban J connectivity index is 1.30. The average molecular weight is 615 g/mol. The van der Waals surface area contributed by atoms with Crippen LogP contribution in [0.3, 0.4) is 0 Å². The normalized spacial score (nSPS) is 16.9. The summed E-state index contributed by atoms with van der Waals surface area (Å²) in [6.07, 6.45) is 5.41. The van der Waals surface area contributed by atoms with Crippen molar-refractivity contribution in [2.24, 2.45) is 5.92 Å². The predicted octanol–water partition coefficient (Wildman–Crippen LogP) is 4.10. The molecule has 1 aromatic carbocycles. The molecule has 0 saturated carbocycles. The number of halogens is 2. The van der Waals surface area contributed by atoms with E-state index in [1.165, 1.54) is 0 Å². The largest absolute Gasteiger partial charge is 0.436 e. The lowest BCUT2D eigenvalue weighted by Gasteiger charge is -2.34. The van der Waals surface area contributed by atoms with Gasteiger partial charge in [-0.3, -0.25) is 14.6 Å². The molecule has 224 valence electrons. The SMILES string of the molecule is CC(=O)NCC1CCN(Cc2cc(Oc3cnc(N4CCN(CCO)CC4)nc3)nc(-c3cc(Cl)cc(Cl)c3)c2)CC1. The molecule has 5 rings (SSSR count). The maximum absolute atomic E-state index is 11.3. The minimum Gasteiger partial charge on any atom is -0.436 e. The monoisotopic (exact) mass is 613 g/mol. The van der Waals surface area contributed by atoms with Gasteiger partial charge in [-0.1, -0.05) is 23.2 Å². The van der Waals surface area contributed by atoms with E-state index in [1.807, 2.05) is 24.3 Å². The van der Waals surface area contributed by atoms with Gasteiger partial charge in [0.05, 0.1) is 24.7 Å². The van der Waals surface area contributed by atoms with E-state index in [0.29, 0.717) is 45.8 Å². The van der Waals surface area contributed by atoms with Crippen molar-refractivity contribution in [3.8, 4) is 22.9 Å². The minimum absolute atomic E-state index is 0.0208. The van der Waals surface area contributed by atoms with Crippen LogP contribution < -0.4 is 15.0 Å². The van der Waals surface area contributed by atoms with Gasteiger partial charge in [-0.15, -0.1) is 0 Å². The Labute approximate surface area is 256 Å². The molecule has 42 heavy (non-hydrogen) atoms. The molecule has 0 aliphatic carbocycles. The number of anilines is 1. The second-order valence-electron chi connectivity index (χ2n) is 10.9. The van der Waals surface area contributed by atoms with Crippen LogP contribution in [-0.2, 0) is 11.3 Å². The Kier molecular flexibility index (Phi) is 10.5. The van der Waals surface area contributed by atoms with Crippen LogP contribution in [0.1, 0.15) is 25.3 Å². The van der Waals surface area contributed by atoms with E-state index in [1.54, 1.807) is 25.4 Å². The van der Waals surface area contributed by atoms with E-state index in [-0.39, 0.29) is 12.5 Å². The maximum atomic E-state index is 11.3. The lowest BCUT2D eigenvalue weighted by atomic mass is 9.96. The number of aliphatic hydroxyl groups excluding tert-OH is 1. The standard InChI is InChI=1S/C30H37Cl2N7O3/c1-21(41)33-17-22-2-4-38(5-3-22)20-23-12-28(24-14-25(31)16-26(32)15-24)36-29(13-23)42-27-18-34-30(35-19-27)39-8-6-37(7-9-39)10-11-40/h12-16,18-19,22,40H,2-11,17,20H2,1H3,(H,33,41). The molecule has 12 heteroatoms. The zero-order chi connectivity index (χ0) is 29.5. The summed E-state index contributed by atoms with van der Waals surface area (Å²) in [5, 5.41) is 13.2. The molecule has 10 nitrogen and oxygen atoms in total. The zero-order valence-corrected chi connectivity index (χ0v) is 25.3. The third-order valence-corrected chi connectivity index (χ3v) is 8.12. The Morgan fingerprint density at radius 3 is 2.31 bits per heavy atom. The van der Waals surface area contributed by atoms with Crippen LogP contribution in [0.2, 0.25) is 10.0 Å². The molecule has 2 saturated heterocycles. The minimum atomic E-state index is 0.0208. The van der Waals surface area contributed by atoms with Gasteiger partial charge in [0.1, 0.15) is 0 Å². The number of rotatable bonds is 10. The highest BCUT2D eigenvalue weighted by Crippen LogP contribution is 2.31. The number of carbonyl (C=O) groups excluding carboxylic acids is 1. The number of nitrogens with one attached hydrogen (secondary N) is 1. The van der Waals surface area contributed by atoms with E-state index >= 15 is 0 Å². The fourth-order valence-corrected chi connectivity index (χ4v) is 5.93. The van der Waals surface area contributed by atoms with Crippen molar-refractivity contribution in [2.75, 3.05) is 63.9 Å². The van der Waals surface area contributed by atoms with Crippen molar-refractivity contribution in [3.05, 3.63) is 58.3 Å². The molecule has 2 aliphatic heterocycles. The number of hydrogen-bond donors (Lipinski definition) is 2. The molecule has 0 radical (unpaired) electrons. The highest BCUT2D eigenvalue weighted by atomic mass is 35.5. The molecular formula is C30H37Cl2N7O3. The number of likely N-dealkylation sites (tertiary alicyclic amines) is 1. The molecule has 2 aromatic heterocycles. The number of aliphatic hydroxyl groups is 1. The molecular weight excluding hydrogens is 577 g/mol. The van der Waals surface area contributed by atoms with Gasteiger partial charge in [0, 0.05) is 74.4 Å². The van der Waals surface area contributed by atoms with Gasteiger partial charge in [0.15, 0.2) is 5.75 Å². The van der Waals surface area contributed by atoms with E-state index in [9.17, 15) is 9.90 Å². The Hall–Kier alpha value is -3.02. The van der Waals surface area contributed by atoms with Gasteiger partial charge in [0.25, 0.3) is 0 Å². The Morgan fingerprint density at radius 2 is 1.67 bits per heavy atom. The number of piperazine rings is 1. The molecule has 0 bridgehead atoms. The van der Waals surface area contributed by atoms with Gasteiger partial charge in [-0.05, 0) is 61.7 Å².